The minimum Gasteiger partial charge on any atom is -0.481 e. The molecule has 0 atom stereocenters. The van der Waals surface area contributed by atoms with Crippen molar-refractivity contribution in [3.05, 3.63) is 17.0 Å². The van der Waals surface area contributed by atoms with Gasteiger partial charge in [0.05, 0.1) is 12.1 Å². The number of fused-ring (bicyclic) bond motifs is 1. The number of carbonyl (C=O) groups is 1. The third-order valence-corrected chi connectivity index (χ3v) is 2.71. The first-order chi connectivity index (χ1) is 6.77. The van der Waals surface area contributed by atoms with Crippen molar-refractivity contribution in [3.63, 3.8) is 0 Å². The molecule has 1 aliphatic carbocycles. The molecule has 0 saturated carbocycles. The van der Waals surface area contributed by atoms with E-state index >= 15 is 0 Å². The van der Waals surface area contributed by atoms with Crippen molar-refractivity contribution in [1.82, 2.24) is 10.2 Å². The molecule has 0 spiro atoms. The zero-order chi connectivity index (χ0) is 9.97. The van der Waals surface area contributed by atoms with E-state index in [1.165, 1.54) is 12.8 Å². The highest BCUT2D eigenvalue weighted by Crippen LogP contribution is 2.21. The number of aromatic nitrogens is 2. The summed E-state index contributed by atoms with van der Waals surface area (Å²) in [7, 11) is 0. The van der Waals surface area contributed by atoms with Gasteiger partial charge in [0.15, 0.2) is 0 Å². The Kier molecular flexibility index (Phi) is 2.52. The minimum atomic E-state index is -0.802. The summed E-state index contributed by atoms with van der Waals surface area (Å²) in [6.07, 6.45) is 5.61. The van der Waals surface area contributed by atoms with Gasteiger partial charge < -0.3 is 5.11 Å². The monoisotopic (exact) mass is 194 g/mol. The molecule has 14 heavy (non-hydrogen) atoms. The van der Waals surface area contributed by atoms with E-state index in [2.05, 4.69) is 10.2 Å². The second-order valence-corrected chi connectivity index (χ2v) is 3.76. The van der Waals surface area contributed by atoms with Crippen molar-refractivity contribution in [1.29, 1.82) is 0 Å². The second-order valence-electron chi connectivity index (χ2n) is 3.76. The number of carboxylic acid groups (broad SMARTS) is 1. The number of carboxylic acids is 1. The number of aliphatic carboxylic acids is 1. The van der Waals surface area contributed by atoms with Gasteiger partial charge in [0, 0.05) is 5.69 Å². The quantitative estimate of drug-likeness (QED) is 0.697. The molecule has 1 heterocycles. The van der Waals surface area contributed by atoms with E-state index in [4.69, 9.17) is 5.11 Å². The summed E-state index contributed by atoms with van der Waals surface area (Å²) in [5.74, 6) is -0.802. The van der Waals surface area contributed by atoms with Gasteiger partial charge in [0.1, 0.15) is 0 Å². The molecule has 76 valence electrons. The van der Waals surface area contributed by atoms with Crippen LogP contribution in [0.25, 0.3) is 0 Å². The number of aryl methyl sites for hydroxylation is 1. The second kappa shape index (κ2) is 3.82. The highest BCUT2D eigenvalue weighted by atomic mass is 16.4. The molecule has 1 aliphatic rings. The first kappa shape index (κ1) is 9.24. The molecule has 4 heteroatoms. The van der Waals surface area contributed by atoms with E-state index < -0.39 is 5.97 Å². The first-order valence-electron chi connectivity index (χ1n) is 5.04. The summed E-state index contributed by atoms with van der Waals surface area (Å²) in [5.41, 5.74) is 3.04. The van der Waals surface area contributed by atoms with Crippen LogP contribution >= 0.6 is 0 Å². The third-order valence-electron chi connectivity index (χ3n) is 2.71. The molecule has 4 nitrogen and oxygen atoms in total. The van der Waals surface area contributed by atoms with E-state index in [0.29, 0.717) is 0 Å². The topological polar surface area (TPSA) is 66.0 Å². The molecule has 1 aromatic heterocycles. The van der Waals surface area contributed by atoms with Crippen LogP contribution in [0.1, 0.15) is 36.2 Å². The summed E-state index contributed by atoms with van der Waals surface area (Å²) in [6.45, 7) is 0. The molecule has 2 N–H and O–H groups in total. The highest BCUT2D eigenvalue weighted by molar-refractivity contribution is 5.70. The molecule has 0 fully saturated rings. The van der Waals surface area contributed by atoms with E-state index in [1.807, 2.05) is 0 Å². The average Bonchev–Trinajstić information content (AvgIpc) is 2.37. The van der Waals surface area contributed by atoms with E-state index in [9.17, 15) is 4.79 Å². The van der Waals surface area contributed by atoms with Crippen molar-refractivity contribution in [3.8, 4) is 0 Å². The Morgan fingerprint density at radius 1 is 1.36 bits per heavy atom. The fraction of sp³-hybridized carbons (Fsp3) is 0.600. The van der Waals surface area contributed by atoms with Crippen molar-refractivity contribution >= 4 is 5.97 Å². The van der Waals surface area contributed by atoms with Crippen molar-refractivity contribution in [2.75, 3.05) is 0 Å². The Labute approximate surface area is 82.3 Å². The maximum absolute atomic E-state index is 10.6. The van der Waals surface area contributed by atoms with Gasteiger partial charge in [-0.3, -0.25) is 9.89 Å². The Hall–Kier alpha value is -1.32. The Morgan fingerprint density at radius 3 is 2.93 bits per heavy atom. The van der Waals surface area contributed by atoms with Gasteiger partial charge in [-0.2, -0.15) is 5.10 Å². The van der Waals surface area contributed by atoms with E-state index in [0.717, 1.165) is 36.2 Å². The molecule has 0 unspecified atom stereocenters. The molecule has 0 aromatic carbocycles. The van der Waals surface area contributed by atoms with Crippen LogP contribution in [0.5, 0.6) is 0 Å². The number of nitrogens with zero attached hydrogens (tertiary/aromatic N) is 1. The molecular formula is C10H14N2O2. The standard InChI is InChI=1S/C10H14N2O2/c13-10(14)6-9-7-4-2-1-3-5-8(7)11-12-9/h1-6H2,(H,11,12)(H,13,14). The fourth-order valence-electron chi connectivity index (χ4n) is 2.02. The van der Waals surface area contributed by atoms with Crippen LogP contribution in [0.15, 0.2) is 0 Å². The lowest BCUT2D eigenvalue weighted by atomic mass is 10.1. The smallest absolute Gasteiger partial charge is 0.309 e. The van der Waals surface area contributed by atoms with Crippen LogP contribution in [0.3, 0.4) is 0 Å². The van der Waals surface area contributed by atoms with Crippen LogP contribution in [0.2, 0.25) is 0 Å². The third kappa shape index (κ3) is 1.78. The Bertz CT molecular complexity index is 344. The zero-order valence-corrected chi connectivity index (χ0v) is 8.05. The number of hydrogen-bond donors (Lipinski definition) is 2. The molecule has 2 rings (SSSR count). The lowest BCUT2D eigenvalue weighted by Gasteiger charge is -1.98. The molecule has 1 aromatic rings. The number of rotatable bonds is 2. The van der Waals surface area contributed by atoms with Crippen molar-refractivity contribution in [2.24, 2.45) is 0 Å². The summed E-state index contributed by atoms with van der Waals surface area (Å²) in [6, 6.07) is 0. The van der Waals surface area contributed by atoms with Gasteiger partial charge in [-0.25, -0.2) is 0 Å². The predicted molar refractivity (Wildman–Crippen MR) is 51.2 cm³/mol. The van der Waals surface area contributed by atoms with Crippen molar-refractivity contribution < 1.29 is 9.90 Å². The van der Waals surface area contributed by atoms with Gasteiger partial charge in [0.25, 0.3) is 0 Å². The minimum absolute atomic E-state index is 0.0475. The van der Waals surface area contributed by atoms with Crippen LogP contribution in [0, 0.1) is 0 Å². The van der Waals surface area contributed by atoms with E-state index in [-0.39, 0.29) is 6.42 Å². The first-order valence-corrected chi connectivity index (χ1v) is 5.04. The summed E-state index contributed by atoms with van der Waals surface area (Å²) >= 11 is 0. The molecule has 0 aliphatic heterocycles. The molecule has 0 radical (unpaired) electrons. The Morgan fingerprint density at radius 2 is 2.14 bits per heavy atom. The number of aromatic amines is 1. The van der Waals surface area contributed by atoms with Gasteiger partial charge in [-0.1, -0.05) is 6.42 Å². The summed E-state index contributed by atoms with van der Waals surface area (Å²) < 4.78 is 0. The Balaban J connectivity index is 2.24. The number of H-pyrrole nitrogens is 1. The molecule has 0 saturated heterocycles. The largest absolute Gasteiger partial charge is 0.481 e. The van der Waals surface area contributed by atoms with Crippen LogP contribution < -0.4 is 0 Å². The average molecular weight is 194 g/mol. The SMILES string of the molecule is O=C(O)Cc1n[nH]c2c1CCCCC2. The highest BCUT2D eigenvalue weighted by Gasteiger charge is 2.16. The summed E-state index contributed by atoms with van der Waals surface area (Å²) in [4.78, 5) is 10.6. The maximum Gasteiger partial charge on any atom is 0.309 e. The molecular weight excluding hydrogens is 180 g/mol. The van der Waals surface area contributed by atoms with Crippen LogP contribution in [0.4, 0.5) is 0 Å². The van der Waals surface area contributed by atoms with Crippen LogP contribution in [-0.4, -0.2) is 21.3 Å². The van der Waals surface area contributed by atoms with Crippen molar-refractivity contribution in [2.45, 2.75) is 38.5 Å². The van der Waals surface area contributed by atoms with Crippen LogP contribution in [-0.2, 0) is 24.1 Å². The van der Waals surface area contributed by atoms with Gasteiger partial charge >= 0.3 is 5.97 Å². The normalized spacial score (nSPS) is 16.0. The maximum atomic E-state index is 10.6. The lowest BCUT2D eigenvalue weighted by molar-refractivity contribution is -0.136. The van der Waals surface area contributed by atoms with Gasteiger partial charge in [-0.15, -0.1) is 0 Å². The number of hydrogen-bond acceptors (Lipinski definition) is 2. The fourth-order valence-corrected chi connectivity index (χ4v) is 2.02. The number of nitrogens with one attached hydrogen (secondary N) is 1. The molecule has 0 bridgehead atoms. The molecule has 0 amide bonds. The lowest BCUT2D eigenvalue weighted by Crippen LogP contribution is -2.03. The van der Waals surface area contributed by atoms with E-state index in [1.54, 1.807) is 0 Å². The zero-order valence-electron chi connectivity index (χ0n) is 8.05. The predicted octanol–water partition coefficient (Wildman–Crippen LogP) is 1.31. The summed E-state index contributed by atoms with van der Waals surface area (Å²) in [5, 5.41) is 15.7. The van der Waals surface area contributed by atoms with Gasteiger partial charge in [0.2, 0.25) is 0 Å². The van der Waals surface area contributed by atoms with Gasteiger partial charge in [-0.05, 0) is 31.2 Å².